The summed E-state index contributed by atoms with van der Waals surface area (Å²) < 4.78 is 5.11. The van der Waals surface area contributed by atoms with E-state index in [0.717, 1.165) is 5.56 Å². The first-order valence-corrected chi connectivity index (χ1v) is 6.89. The van der Waals surface area contributed by atoms with E-state index in [4.69, 9.17) is 16.3 Å². The summed E-state index contributed by atoms with van der Waals surface area (Å²) in [6, 6.07) is 11.7. The van der Waals surface area contributed by atoms with Gasteiger partial charge in [0.2, 0.25) is 5.91 Å². The molecular formula is C16H15ClN2O3. The van der Waals surface area contributed by atoms with E-state index in [-0.39, 0.29) is 18.1 Å². The van der Waals surface area contributed by atoms with Crippen LogP contribution in [-0.2, 0) is 11.2 Å². The first-order chi connectivity index (χ1) is 10.6. The minimum absolute atomic E-state index is 0.0963. The Kier molecular flexibility index (Phi) is 5.38. The number of phenols is 1. The Bertz CT molecular complexity index is 702. The molecule has 0 fully saturated rings. The highest BCUT2D eigenvalue weighted by Gasteiger charge is 2.04. The highest BCUT2D eigenvalue weighted by Crippen LogP contribution is 2.22. The molecule has 1 amide bonds. The van der Waals surface area contributed by atoms with Gasteiger partial charge in [-0.3, -0.25) is 4.79 Å². The normalized spacial score (nSPS) is 10.6. The van der Waals surface area contributed by atoms with Gasteiger partial charge in [0, 0.05) is 16.7 Å². The summed E-state index contributed by atoms with van der Waals surface area (Å²) in [5.74, 6) is 0.308. The van der Waals surface area contributed by atoms with Crippen molar-refractivity contribution in [3.63, 3.8) is 0 Å². The summed E-state index contributed by atoms with van der Waals surface area (Å²) in [4.78, 5) is 11.8. The number of amides is 1. The van der Waals surface area contributed by atoms with Crippen LogP contribution in [-0.4, -0.2) is 24.3 Å². The molecule has 0 aliphatic heterocycles. The Hall–Kier alpha value is -2.53. The zero-order valence-corrected chi connectivity index (χ0v) is 12.7. The maximum Gasteiger partial charge on any atom is 0.244 e. The number of ether oxygens (including phenoxy) is 1. The van der Waals surface area contributed by atoms with Gasteiger partial charge in [-0.1, -0.05) is 23.7 Å². The van der Waals surface area contributed by atoms with Crippen LogP contribution in [0.4, 0.5) is 0 Å². The number of benzene rings is 2. The lowest BCUT2D eigenvalue weighted by Crippen LogP contribution is -2.19. The number of phenolic OH excluding ortho intramolecular Hbond substituents is 1. The van der Waals surface area contributed by atoms with Gasteiger partial charge in [0.05, 0.1) is 19.7 Å². The third kappa shape index (κ3) is 4.49. The fourth-order valence-corrected chi connectivity index (χ4v) is 2.07. The largest absolute Gasteiger partial charge is 0.508 e. The lowest BCUT2D eigenvalue weighted by Gasteiger charge is -2.05. The number of hydrogen-bond donors (Lipinski definition) is 2. The van der Waals surface area contributed by atoms with Crippen LogP contribution in [0.3, 0.4) is 0 Å². The molecule has 0 heterocycles. The van der Waals surface area contributed by atoms with Gasteiger partial charge in [0.25, 0.3) is 0 Å². The summed E-state index contributed by atoms with van der Waals surface area (Å²) in [5.41, 5.74) is 3.88. The zero-order valence-electron chi connectivity index (χ0n) is 11.9. The quantitative estimate of drug-likeness (QED) is 0.658. The van der Waals surface area contributed by atoms with Crippen molar-refractivity contribution < 1.29 is 14.6 Å². The monoisotopic (exact) mass is 318 g/mol. The van der Waals surface area contributed by atoms with Crippen molar-refractivity contribution >= 4 is 23.7 Å². The Morgan fingerprint density at radius 1 is 1.36 bits per heavy atom. The number of rotatable bonds is 5. The summed E-state index contributed by atoms with van der Waals surface area (Å²) in [6.07, 6.45) is 1.64. The number of nitrogens with one attached hydrogen (secondary N) is 1. The second-order valence-electron chi connectivity index (χ2n) is 4.53. The Labute approximate surface area is 133 Å². The number of methoxy groups -OCH3 is 1. The van der Waals surface area contributed by atoms with Crippen LogP contribution in [0.5, 0.6) is 11.5 Å². The first kappa shape index (κ1) is 15.9. The molecule has 0 unspecified atom stereocenters. The third-order valence-corrected chi connectivity index (χ3v) is 3.10. The average molecular weight is 319 g/mol. The van der Waals surface area contributed by atoms with Gasteiger partial charge in [-0.15, -0.1) is 0 Å². The minimum atomic E-state index is -0.253. The number of halogens is 1. The molecule has 6 heteroatoms. The smallest absolute Gasteiger partial charge is 0.244 e. The van der Waals surface area contributed by atoms with E-state index >= 15 is 0 Å². The number of aromatic hydroxyl groups is 1. The fourth-order valence-electron chi connectivity index (χ4n) is 1.85. The van der Waals surface area contributed by atoms with E-state index in [2.05, 4.69) is 10.5 Å². The van der Waals surface area contributed by atoms with Crippen molar-refractivity contribution in [1.29, 1.82) is 0 Å². The molecule has 2 aromatic carbocycles. The molecule has 5 nitrogen and oxygen atoms in total. The molecule has 0 spiro atoms. The number of hydrazone groups is 1. The van der Waals surface area contributed by atoms with Crippen molar-refractivity contribution in [3.8, 4) is 11.5 Å². The highest BCUT2D eigenvalue weighted by molar-refractivity contribution is 6.30. The Morgan fingerprint density at radius 3 is 2.91 bits per heavy atom. The first-order valence-electron chi connectivity index (χ1n) is 6.52. The maximum absolute atomic E-state index is 11.8. The Balaban J connectivity index is 1.96. The molecule has 22 heavy (non-hydrogen) atoms. The maximum atomic E-state index is 11.8. The molecule has 0 aromatic heterocycles. The summed E-state index contributed by atoms with van der Waals surface area (Å²) >= 11 is 5.86. The second kappa shape index (κ2) is 7.47. The van der Waals surface area contributed by atoms with Gasteiger partial charge < -0.3 is 9.84 Å². The SMILES string of the molecule is COc1cc(O)ccc1/C=N/NC(=O)Cc1cccc(Cl)c1. The minimum Gasteiger partial charge on any atom is -0.508 e. The van der Waals surface area contributed by atoms with Gasteiger partial charge in [-0.2, -0.15) is 5.10 Å². The van der Waals surface area contributed by atoms with E-state index in [1.165, 1.54) is 25.5 Å². The predicted octanol–water partition coefficient (Wildman–Crippen LogP) is 2.75. The lowest BCUT2D eigenvalue weighted by atomic mass is 10.1. The van der Waals surface area contributed by atoms with E-state index in [9.17, 15) is 9.90 Å². The van der Waals surface area contributed by atoms with Crippen molar-refractivity contribution in [2.45, 2.75) is 6.42 Å². The molecule has 0 atom stereocenters. The molecule has 0 aliphatic rings. The van der Waals surface area contributed by atoms with E-state index < -0.39 is 0 Å². The topological polar surface area (TPSA) is 70.9 Å². The summed E-state index contributed by atoms with van der Waals surface area (Å²) in [7, 11) is 1.49. The van der Waals surface area contributed by atoms with Gasteiger partial charge in [0.1, 0.15) is 11.5 Å². The molecule has 2 N–H and O–H groups in total. The number of carbonyl (C=O) groups excluding carboxylic acids is 1. The van der Waals surface area contributed by atoms with Crippen LogP contribution >= 0.6 is 11.6 Å². The van der Waals surface area contributed by atoms with Crippen molar-refractivity contribution in [2.75, 3.05) is 7.11 Å². The molecule has 0 radical (unpaired) electrons. The number of carbonyl (C=O) groups is 1. The van der Waals surface area contributed by atoms with Gasteiger partial charge in [-0.05, 0) is 29.8 Å². The third-order valence-electron chi connectivity index (χ3n) is 2.86. The number of nitrogens with zero attached hydrogens (tertiary/aromatic N) is 1. The van der Waals surface area contributed by atoms with Crippen molar-refractivity contribution in [2.24, 2.45) is 5.10 Å². The van der Waals surface area contributed by atoms with Crippen LogP contribution in [0.15, 0.2) is 47.6 Å². The van der Waals surface area contributed by atoms with E-state index in [1.807, 2.05) is 6.07 Å². The highest BCUT2D eigenvalue weighted by atomic mass is 35.5. The lowest BCUT2D eigenvalue weighted by molar-refractivity contribution is -0.120. The summed E-state index contributed by atoms with van der Waals surface area (Å²) in [5, 5.41) is 13.8. The van der Waals surface area contributed by atoms with Crippen LogP contribution < -0.4 is 10.2 Å². The Morgan fingerprint density at radius 2 is 2.18 bits per heavy atom. The van der Waals surface area contributed by atoms with Crippen LogP contribution in [0, 0.1) is 0 Å². The average Bonchev–Trinajstić information content (AvgIpc) is 2.48. The van der Waals surface area contributed by atoms with Gasteiger partial charge in [0.15, 0.2) is 0 Å². The predicted molar refractivity (Wildman–Crippen MR) is 85.6 cm³/mol. The van der Waals surface area contributed by atoms with E-state index in [1.54, 1.807) is 24.3 Å². The van der Waals surface area contributed by atoms with Crippen LogP contribution in [0.25, 0.3) is 0 Å². The standard InChI is InChI=1S/C16H15ClN2O3/c1-22-15-9-14(20)6-5-12(15)10-18-19-16(21)8-11-3-2-4-13(17)7-11/h2-7,9-10,20H,8H2,1H3,(H,19,21)/b18-10+. The van der Waals surface area contributed by atoms with Crippen LogP contribution in [0.2, 0.25) is 5.02 Å². The molecule has 2 rings (SSSR count). The molecule has 0 saturated heterocycles. The molecule has 0 aliphatic carbocycles. The van der Waals surface area contributed by atoms with Gasteiger partial charge in [-0.25, -0.2) is 5.43 Å². The van der Waals surface area contributed by atoms with Crippen molar-refractivity contribution in [3.05, 3.63) is 58.6 Å². The molecule has 0 saturated carbocycles. The molecule has 0 bridgehead atoms. The molecule has 114 valence electrons. The molecule has 2 aromatic rings. The van der Waals surface area contributed by atoms with Gasteiger partial charge >= 0.3 is 0 Å². The fraction of sp³-hybridized carbons (Fsp3) is 0.125. The second-order valence-corrected chi connectivity index (χ2v) is 4.96. The van der Waals surface area contributed by atoms with Crippen LogP contribution in [0.1, 0.15) is 11.1 Å². The van der Waals surface area contributed by atoms with Crippen molar-refractivity contribution in [1.82, 2.24) is 5.43 Å². The molecular weight excluding hydrogens is 304 g/mol. The van der Waals surface area contributed by atoms with E-state index in [0.29, 0.717) is 16.3 Å². The zero-order chi connectivity index (χ0) is 15.9. The number of hydrogen-bond acceptors (Lipinski definition) is 4. The summed E-state index contributed by atoms with van der Waals surface area (Å²) in [6.45, 7) is 0.